The number of nitrogens with one attached hydrogen (secondary N) is 3. The van der Waals surface area contributed by atoms with Gasteiger partial charge in [0.2, 0.25) is 11.8 Å². The molecule has 0 fully saturated rings. The minimum Gasteiger partial charge on any atom is -0.508 e. The molecule has 0 saturated heterocycles. The summed E-state index contributed by atoms with van der Waals surface area (Å²) in [5, 5.41) is 26.9. The van der Waals surface area contributed by atoms with Gasteiger partial charge in [-0.2, -0.15) is 0 Å². The molecule has 2 rings (SSSR count). The van der Waals surface area contributed by atoms with Crippen molar-refractivity contribution in [2.45, 2.75) is 65.3 Å². The number of phenolic OH excluding ortho intramolecular Hbond substituents is 1. The number of aromatic hydroxyl groups is 1. The normalized spacial score (nSPS) is 14.0. The minimum absolute atomic E-state index is 0.0250. The molecule has 5 N–H and O–H groups in total. The Morgan fingerprint density at radius 1 is 0.816 bits per heavy atom. The zero-order valence-corrected chi connectivity index (χ0v) is 22.1. The van der Waals surface area contributed by atoms with E-state index in [0.29, 0.717) is 12.0 Å². The summed E-state index contributed by atoms with van der Waals surface area (Å²) < 4.78 is 5.24. The van der Waals surface area contributed by atoms with Crippen molar-refractivity contribution in [3.63, 3.8) is 0 Å². The number of hydrogen-bond donors (Lipinski definition) is 5. The summed E-state index contributed by atoms with van der Waals surface area (Å²) >= 11 is 0. The number of rotatable bonds is 13. The van der Waals surface area contributed by atoms with Crippen LogP contribution in [-0.2, 0) is 32.1 Å². The molecule has 0 heterocycles. The fraction of sp³-hybridized carbons (Fsp3) is 0.429. The van der Waals surface area contributed by atoms with Crippen LogP contribution in [0.4, 0.5) is 4.79 Å². The summed E-state index contributed by atoms with van der Waals surface area (Å²) in [5.41, 5.74) is 1.42. The first kappa shape index (κ1) is 30.1. The average molecular weight is 528 g/mol. The molecule has 0 spiro atoms. The molecule has 0 saturated carbocycles. The Hall–Kier alpha value is -4.08. The predicted molar refractivity (Wildman–Crippen MR) is 141 cm³/mol. The quantitative estimate of drug-likeness (QED) is 0.268. The van der Waals surface area contributed by atoms with Gasteiger partial charge >= 0.3 is 12.1 Å². The zero-order valence-electron chi connectivity index (χ0n) is 22.1. The number of hydrogen-bond acceptors (Lipinski definition) is 6. The van der Waals surface area contributed by atoms with E-state index in [1.807, 2.05) is 25.1 Å². The Morgan fingerprint density at radius 2 is 1.45 bits per heavy atom. The van der Waals surface area contributed by atoms with Gasteiger partial charge in [0.15, 0.2) is 0 Å². The highest BCUT2D eigenvalue weighted by molar-refractivity contribution is 5.93. The number of amides is 3. The van der Waals surface area contributed by atoms with Gasteiger partial charge in [0, 0.05) is 6.42 Å². The Bertz CT molecular complexity index is 1070. The molecule has 0 aliphatic carbocycles. The van der Waals surface area contributed by atoms with Gasteiger partial charge in [-0.15, -0.1) is 0 Å². The van der Waals surface area contributed by atoms with E-state index in [0.717, 1.165) is 5.56 Å². The molecule has 4 atom stereocenters. The number of carbonyl (C=O) groups excluding carboxylic acids is 3. The smallest absolute Gasteiger partial charge is 0.408 e. The van der Waals surface area contributed by atoms with E-state index in [1.54, 1.807) is 45.0 Å². The van der Waals surface area contributed by atoms with E-state index in [2.05, 4.69) is 16.0 Å². The van der Waals surface area contributed by atoms with E-state index in [4.69, 9.17) is 4.74 Å². The molecule has 0 unspecified atom stereocenters. The van der Waals surface area contributed by atoms with E-state index >= 15 is 0 Å². The van der Waals surface area contributed by atoms with Gasteiger partial charge in [-0.05, 0) is 35.1 Å². The van der Waals surface area contributed by atoms with Crippen molar-refractivity contribution in [3.05, 3.63) is 65.7 Å². The first-order valence-corrected chi connectivity index (χ1v) is 12.6. The van der Waals surface area contributed by atoms with Crippen molar-refractivity contribution in [1.29, 1.82) is 0 Å². The van der Waals surface area contributed by atoms with Crippen LogP contribution in [-0.4, -0.2) is 52.2 Å². The molecule has 0 aliphatic heterocycles. The van der Waals surface area contributed by atoms with Crippen molar-refractivity contribution in [1.82, 2.24) is 16.0 Å². The van der Waals surface area contributed by atoms with Crippen LogP contribution in [0, 0.1) is 11.8 Å². The van der Waals surface area contributed by atoms with Crippen molar-refractivity contribution in [2.24, 2.45) is 11.8 Å². The second-order valence-corrected chi connectivity index (χ2v) is 9.57. The second-order valence-electron chi connectivity index (χ2n) is 9.57. The lowest BCUT2D eigenvalue weighted by Gasteiger charge is -2.27. The lowest BCUT2D eigenvalue weighted by Crippen LogP contribution is -2.58. The van der Waals surface area contributed by atoms with Crippen molar-refractivity contribution >= 4 is 23.9 Å². The zero-order chi connectivity index (χ0) is 28.2. The molecule has 0 aromatic heterocycles. The van der Waals surface area contributed by atoms with Crippen LogP contribution in [0.2, 0.25) is 0 Å². The molecule has 38 heavy (non-hydrogen) atoms. The van der Waals surface area contributed by atoms with Gasteiger partial charge in [0.1, 0.15) is 30.5 Å². The van der Waals surface area contributed by atoms with Gasteiger partial charge in [0.25, 0.3) is 0 Å². The average Bonchev–Trinajstić information content (AvgIpc) is 2.89. The standard InChI is InChI=1S/C28H37N3O7/c1-5-18(4)24(27(35)36)30-25(33)22(15-19-11-13-21(32)14-12-19)29-26(34)23(17(2)3)31-28(37)38-16-20-9-7-6-8-10-20/h6-14,17-18,22-24,32H,5,15-16H2,1-4H3,(H,29,34)(H,30,33)(H,31,37)(H,35,36)/t18-,22-,23-,24-/m0/s1. The molecule has 206 valence electrons. The molecule has 2 aromatic carbocycles. The molecule has 0 aliphatic rings. The van der Waals surface area contributed by atoms with E-state index < -0.39 is 42.0 Å². The predicted octanol–water partition coefficient (Wildman–Crippen LogP) is 2.99. The fourth-order valence-corrected chi connectivity index (χ4v) is 3.70. The maximum atomic E-state index is 13.2. The third-order valence-corrected chi connectivity index (χ3v) is 6.22. The Labute approximate surface area is 222 Å². The molecule has 2 aromatic rings. The molecule has 10 nitrogen and oxygen atoms in total. The first-order valence-electron chi connectivity index (χ1n) is 12.6. The van der Waals surface area contributed by atoms with E-state index in [-0.39, 0.29) is 30.6 Å². The SMILES string of the molecule is CC[C@H](C)[C@H](NC(=O)[C@H](Cc1ccc(O)cc1)NC(=O)[C@@H](NC(=O)OCc1ccccc1)C(C)C)C(=O)O. The second kappa shape index (κ2) is 14.6. The van der Waals surface area contributed by atoms with Crippen molar-refractivity contribution in [2.75, 3.05) is 0 Å². The molecule has 0 radical (unpaired) electrons. The van der Waals surface area contributed by atoms with Gasteiger partial charge < -0.3 is 30.9 Å². The summed E-state index contributed by atoms with van der Waals surface area (Å²) in [6, 6.07) is 11.9. The Balaban J connectivity index is 2.17. The van der Waals surface area contributed by atoms with E-state index in [1.165, 1.54) is 12.1 Å². The molecule has 0 bridgehead atoms. The van der Waals surface area contributed by atoms with Crippen LogP contribution in [0.1, 0.15) is 45.2 Å². The lowest BCUT2D eigenvalue weighted by atomic mass is 9.97. The van der Waals surface area contributed by atoms with Crippen LogP contribution in [0.5, 0.6) is 5.75 Å². The minimum atomic E-state index is -1.18. The van der Waals surface area contributed by atoms with Gasteiger partial charge in [0.05, 0.1) is 0 Å². The third kappa shape index (κ3) is 9.42. The van der Waals surface area contributed by atoms with Crippen LogP contribution < -0.4 is 16.0 Å². The van der Waals surface area contributed by atoms with Crippen LogP contribution in [0.15, 0.2) is 54.6 Å². The summed E-state index contributed by atoms with van der Waals surface area (Å²) in [6.07, 6.45) is -0.227. The number of phenols is 1. The van der Waals surface area contributed by atoms with Gasteiger partial charge in [-0.1, -0.05) is 76.6 Å². The lowest BCUT2D eigenvalue weighted by molar-refractivity contribution is -0.143. The highest BCUT2D eigenvalue weighted by Gasteiger charge is 2.32. The number of alkyl carbamates (subject to hydrolysis) is 1. The molecular formula is C28H37N3O7. The topological polar surface area (TPSA) is 154 Å². The molecule has 3 amide bonds. The summed E-state index contributed by atoms with van der Waals surface area (Å²) in [6.45, 7) is 7.03. The fourth-order valence-electron chi connectivity index (χ4n) is 3.70. The number of benzene rings is 2. The summed E-state index contributed by atoms with van der Waals surface area (Å²) in [5.74, 6) is -3.11. The van der Waals surface area contributed by atoms with E-state index in [9.17, 15) is 29.4 Å². The Kier molecular flexibility index (Phi) is 11.6. The van der Waals surface area contributed by atoms with Crippen LogP contribution >= 0.6 is 0 Å². The highest BCUT2D eigenvalue weighted by atomic mass is 16.5. The number of ether oxygens (including phenoxy) is 1. The van der Waals surface area contributed by atoms with Gasteiger partial charge in [-0.3, -0.25) is 9.59 Å². The maximum Gasteiger partial charge on any atom is 0.408 e. The summed E-state index contributed by atoms with van der Waals surface area (Å²) in [7, 11) is 0. The maximum absolute atomic E-state index is 13.2. The summed E-state index contributed by atoms with van der Waals surface area (Å²) in [4.78, 5) is 50.6. The third-order valence-electron chi connectivity index (χ3n) is 6.22. The van der Waals surface area contributed by atoms with Crippen molar-refractivity contribution in [3.8, 4) is 5.75 Å². The monoisotopic (exact) mass is 527 g/mol. The molecule has 10 heteroatoms. The largest absolute Gasteiger partial charge is 0.508 e. The van der Waals surface area contributed by atoms with Crippen LogP contribution in [0.25, 0.3) is 0 Å². The number of aliphatic carboxylic acids is 1. The first-order chi connectivity index (χ1) is 18.0. The number of carbonyl (C=O) groups is 4. The number of carboxylic acids is 1. The molecular weight excluding hydrogens is 490 g/mol. The van der Waals surface area contributed by atoms with Gasteiger partial charge in [-0.25, -0.2) is 9.59 Å². The Morgan fingerprint density at radius 3 is 2.00 bits per heavy atom. The highest BCUT2D eigenvalue weighted by Crippen LogP contribution is 2.14. The number of carboxylic acid groups (broad SMARTS) is 1. The van der Waals surface area contributed by atoms with Crippen LogP contribution in [0.3, 0.4) is 0 Å². The van der Waals surface area contributed by atoms with Crippen molar-refractivity contribution < 1.29 is 34.1 Å².